The molecule has 78 valence electrons. The summed E-state index contributed by atoms with van der Waals surface area (Å²) in [5, 5.41) is 0. The van der Waals surface area contributed by atoms with Crippen LogP contribution >= 0.6 is 0 Å². The number of rotatable bonds is 1. The van der Waals surface area contributed by atoms with E-state index in [1.807, 2.05) is 34.6 Å². The monoisotopic (exact) mass is 196 g/mol. The summed E-state index contributed by atoms with van der Waals surface area (Å²) in [4.78, 5) is 8.02. The lowest BCUT2D eigenvalue weighted by Gasteiger charge is -2.19. The molecule has 3 heteroatoms. The Morgan fingerprint density at radius 2 is 1.86 bits per heavy atom. The molecule has 1 rings (SSSR count). The summed E-state index contributed by atoms with van der Waals surface area (Å²) in [5.41, 5.74) is 0.335. The molecule has 0 unspecified atom stereocenters. The van der Waals surface area contributed by atoms with Crippen LogP contribution < -0.4 is 0 Å². The molecule has 2 nitrogen and oxygen atoms in total. The van der Waals surface area contributed by atoms with Crippen molar-refractivity contribution in [2.45, 2.75) is 46.0 Å². The van der Waals surface area contributed by atoms with Crippen LogP contribution in [0, 0.1) is 5.95 Å². The number of hydrogen-bond acceptors (Lipinski definition) is 2. The van der Waals surface area contributed by atoms with Gasteiger partial charge in [0.15, 0.2) is 0 Å². The van der Waals surface area contributed by atoms with Gasteiger partial charge in [-0.15, -0.1) is 0 Å². The largest absolute Gasteiger partial charge is 0.241 e. The highest BCUT2D eigenvalue weighted by molar-refractivity contribution is 5.18. The van der Waals surface area contributed by atoms with Gasteiger partial charge in [0.25, 0.3) is 0 Å². The second-order valence-electron chi connectivity index (χ2n) is 4.84. The van der Waals surface area contributed by atoms with Gasteiger partial charge in [-0.2, -0.15) is 4.39 Å². The molecule has 0 atom stereocenters. The minimum Gasteiger partial charge on any atom is -0.241 e. The minimum absolute atomic E-state index is 0.165. The van der Waals surface area contributed by atoms with Gasteiger partial charge in [-0.1, -0.05) is 34.6 Å². The smallest absolute Gasteiger partial charge is 0.219 e. The van der Waals surface area contributed by atoms with E-state index in [0.717, 1.165) is 0 Å². The van der Waals surface area contributed by atoms with E-state index in [-0.39, 0.29) is 11.3 Å². The Hall–Kier alpha value is -0.990. The first kappa shape index (κ1) is 11.1. The highest BCUT2D eigenvalue weighted by Gasteiger charge is 2.20. The van der Waals surface area contributed by atoms with Gasteiger partial charge in [-0.25, -0.2) is 9.97 Å². The molecule has 0 aliphatic rings. The molecule has 1 aromatic rings. The number of nitrogens with zero attached hydrogens (tertiary/aromatic N) is 2. The zero-order valence-electron chi connectivity index (χ0n) is 9.43. The molecule has 14 heavy (non-hydrogen) atoms. The summed E-state index contributed by atoms with van der Waals surface area (Å²) in [6.45, 7) is 9.74. The molecular weight excluding hydrogens is 179 g/mol. The van der Waals surface area contributed by atoms with E-state index in [4.69, 9.17) is 0 Å². The summed E-state index contributed by atoms with van der Waals surface area (Å²) in [6, 6.07) is 0. The lowest BCUT2D eigenvalue weighted by molar-refractivity contribution is 0.485. The van der Waals surface area contributed by atoms with Crippen molar-refractivity contribution in [1.29, 1.82) is 0 Å². The predicted molar refractivity (Wildman–Crippen MR) is 54.8 cm³/mol. The van der Waals surface area contributed by atoms with Gasteiger partial charge in [0.05, 0.1) is 0 Å². The van der Waals surface area contributed by atoms with E-state index >= 15 is 0 Å². The highest BCUT2D eigenvalue weighted by Crippen LogP contribution is 2.23. The van der Waals surface area contributed by atoms with Crippen molar-refractivity contribution in [3.8, 4) is 0 Å². The van der Waals surface area contributed by atoms with Crippen LogP contribution in [0.2, 0.25) is 0 Å². The molecule has 0 aromatic carbocycles. The average Bonchev–Trinajstić information content (AvgIpc) is 2.01. The lowest BCUT2D eigenvalue weighted by Crippen LogP contribution is -2.16. The maximum Gasteiger partial charge on any atom is 0.219 e. The number of hydrogen-bond donors (Lipinski definition) is 0. The summed E-state index contributed by atoms with van der Waals surface area (Å²) in [5.74, 6) is 0.338. The van der Waals surface area contributed by atoms with Crippen LogP contribution in [0.25, 0.3) is 0 Å². The van der Waals surface area contributed by atoms with E-state index in [0.29, 0.717) is 11.4 Å². The second-order valence-corrected chi connectivity index (χ2v) is 4.84. The molecule has 1 aromatic heterocycles. The third-order valence-corrected chi connectivity index (χ3v) is 2.09. The van der Waals surface area contributed by atoms with E-state index in [2.05, 4.69) is 9.97 Å². The lowest BCUT2D eigenvalue weighted by atomic mass is 9.89. The fourth-order valence-corrected chi connectivity index (χ4v) is 1.15. The van der Waals surface area contributed by atoms with Crippen molar-refractivity contribution >= 4 is 0 Å². The molecule has 0 amide bonds. The van der Waals surface area contributed by atoms with Crippen molar-refractivity contribution in [3.63, 3.8) is 0 Å². The topological polar surface area (TPSA) is 25.8 Å². The Morgan fingerprint density at radius 3 is 2.21 bits per heavy atom. The SMILES string of the molecule is CC(C)c1ncc(C(C)(C)C)c(F)n1. The standard InChI is InChI=1S/C11H17FN2/c1-7(2)10-13-6-8(9(12)14-10)11(3,4)5/h6-7H,1-5H3. The van der Waals surface area contributed by atoms with Gasteiger partial charge >= 0.3 is 0 Å². The van der Waals surface area contributed by atoms with Crippen molar-refractivity contribution in [2.75, 3.05) is 0 Å². The molecule has 0 fully saturated rings. The van der Waals surface area contributed by atoms with Gasteiger partial charge in [-0.05, 0) is 5.41 Å². The van der Waals surface area contributed by atoms with Gasteiger partial charge in [0.1, 0.15) is 5.82 Å². The first-order valence-electron chi connectivity index (χ1n) is 4.85. The maximum absolute atomic E-state index is 13.6. The molecule has 0 aliphatic heterocycles. The van der Waals surface area contributed by atoms with Crippen molar-refractivity contribution < 1.29 is 4.39 Å². The Balaban J connectivity index is 3.15. The van der Waals surface area contributed by atoms with Crippen molar-refractivity contribution in [3.05, 3.63) is 23.5 Å². The van der Waals surface area contributed by atoms with E-state index < -0.39 is 5.95 Å². The summed E-state index contributed by atoms with van der Waals surface area (Å²) in [7, 11) is 0. The van der Waals surface area contributed by atoms with Crippen LogP contribution in [-0.2, 0) is 5.41 Å². The molecule has 0 saturated carbocycles. The summed E-state index contributed by atoms with van der Waals surface area (Å²) in [6.07, 6.45) is 1.59. The Kier molecular flexibility index (Phi) is 2.88. The van der Waals surface area contributed by atoms with E-state index in [9.17, 15) is 4.39 Å². The molecule has 0 N–H and O–H groups in total. The highest BCUT2D eigenvalue weighted by atomic mass is 19.1. The predicted octanol–water partition coefficient (Wildman–Crippen LogP) is 3.04. The fraction of sp³-hybridized carbons (Fsp3) is 0.636. The molecule has 1 heterocycles. The third-order valence-electron chi connectivity index (χ3n) is 2.09. The number of halogens is 1. The molecule has 0 aliphatic carbocycles. The Labute approximate surface area is 84.6 Å². The molecular formula is C11H17FN2. The third kappa shape index (κ3) is 2.28. The van der Waals surface area contributed by atoms with Crippen LogP contribution in [0.5, 0.6) is 0 Å². The Bertz CT molecular complexity index is 327. The van der Waals surface area contributed by atoms with Crippen LogP contribution in [-0.4, -0.2) is 9.97 Å². The second kappa shape index (κ2) is 3.64. The Morgan fingerprint density at radius 1 is 1.29 bits per heavy atom. The van der Waals surface area contributed by atoms with Crippen molar-refractivity contribution in [1.82, 2.24) is 9.97 Å². The minimum atomic E-state index is -0.392. The van der Waals surface area contributed by atoms with Gasteiger partial charge in [0.2, 0.25) is 5.95 Å². The normalized spacial score (nSPS) is 12.2. The average molecular weight is 196 g/mol. The first-order valence-corrected chi connectivity index (χ1v) is 4.85. The quantitative estimate of drug-likeness (QED) is 0.645. The zero-order chi connectivity index (χ0) is 10.9. The maximum atomic E-state index is 13.6. The first-order chi connectivity index (χ1) is 6.32. The summed E-state index contributed by atoms with van der Waals surface area (Å²) >= 11 is 0. The van der Waals surface area contributed by atoms with Crippen LogP contribution in [0.15, 0.2) is 6.20 Å². The zero-order valence-corrected chi connectivity index (χ0v) is 9.43. The molecule has 0 radical (unpaired) electrons. The van der Waals surface area contributed by atoms with E-state index in [1.165, 1.54) is 0 Å². The molecule has 0 bridgehead atoms. The van der Waals surface area contributed by atoms with E-state index in [1.54, 1.807) is 6.20 Å². The van der Waals surface area contributed by atoms with Crippen molar-refractivity contribution in [2.24, 2.45) is 0 Å². The van der Waals surface area contributed by atoms with Crippen LogP contribution in [0.3, 0.4) is 0 Å². The van der Waals surface area contributed by atoms with Crippen LogP contribution in [0.1, 0.15) is 51.9 Å². The van der Waals surface area contributed by atoms with Crippen LogP contribution in [0.4, 0.5) is 4.39 Å². The molecule has 0 saturated heterocycles. The fourth-order valence-electron chi connectivity index (χ4n) is 1.15. The number of aromatic nitrogens is 2. The summed E-state index contributed by atoms with van der Waals surface area (Å²) < 4.78 is 13.6. The molecule has 0 spiro atoms. The van der Waals surface area contributed by atoms with Gasteiger partial charge < -0.3 is 0 Å². The van der Waals surface area contributed by atoms with Gasteiger partial charge in [-0.3, -0.25) is 0 Å². The van der Waals surface area contributed by atoms with Gasteiger partial charge in [0, 0.05) is 17.7 Å².